The standard InChI is InChI=1S/C22H27N3O/c26-22(19-7-5-18(6-8-19)17-24-13-1-2-14-24)23-20-9-11-21(12-10-20)25-15-3-4-16-25/h5-12H,1-4,13-17H2,(H,23,26). The zero-order valence-electron chi connectivity index (χ0n) is 15.3. The molecule has 2 aliphatic rings. The summed E-state index contributed by atoms with van der Waals surface area (Å²) in [5, 5.41) is 3.00. The molecule has 0 bridgehead atoms. The summed E-state index contributed by atoms with van der Waals surface area (Å²) in [6.07, 6.45) is 5.15. The molecule has 0 unspecified atom stereocenters. The van der Waals surface area contributed by atoms with E-state index in [0.717, 1.165) is 25.3 Å². The van der Waals surface area contributed by atoms with Crippen molar-refractivity contribution in [2.45, 2.75) is 32.2 Å². The van der Waals surface area contributed by atoms with Crippen molar-refractivity contribution in [3.63, 3.8) is 0 Å². The van der Waals surface area contributed by atoms with Gasteiger partial charge in [0.05, 0.1) is 0 Å². The smallest absolute Gasteiger partial charge is 0.255 e. The molecule has 0 radical (unpaired) electrons. The number of carbonyl (C=O) groups is 1. The summed E-state index contributed by atoms with van der Waals surface area (Å²) in [5.41, 5.74) is 4.07. The van der Waals surface area contributed by atoms with Gasteiger partial charge >= 0.3 is 0 Å². The van der Waals surface area contributed by atoms with Crippen LogP contribution in [0.5, 0.6) is 0 Å². The summed E-state index contributed by atoms with van der Waals surface area (Å²) in [6.45, 7) is 5.64. The number of anilines is 2. The van der Waals surface area contributed by atoms with Crippen LogP contribution in [-0.2, 0) is 6.54 Å². The minimum absolute atomic E-state index is 0.0494. The summed E-state index contributed by atoms with van der Waals surface area (Å²) in [5.74, 6) is -0.0494. The third-order valence-electron chi connectivity index (χ3n) is 5.42. The predicted molar refractivity (Wildman–Crippen MR) is 107 cm³/mol. The molecule has 1 N–H and O–H groups in total. The zero-order chi connectivity index (χ0) is 17.8. The predicted octanol–water partition coefficient (Wildman–Crippen LogP) is 4.13. The molecule has 0 atom stereocenters. The van der Waals surface area contributed by atoms with E-state index in [-0.39, 0.29) is 5.91 Å². The van der Waals surface area contributed by atoms with Crippen molar-refractivity contribution in [2.75, 3.05) is 36.4 Å². The Hall–Kier alpha value is -2.33. The van der Waals surface area contributed by atoms with Crippen molar-refractivity contribution >= 4 is 17.3 Å². The van der Waals surface area contributed by atoms with E-state index in [2.05, 4.69) is 39.4 Å². The number of nitrogens with zero attached hydrogens (tertiary/aromatic N) is 2. The van der Waals surface area contributed by atoms with E-state index in [1.54, 1.807) is 0 Å². The van der Waals surface area contributed by atoms with Gasteiger partial charge in [-0.15, -0.1) is 0 Å². The Morgan fingerprint density at radius 1 is 0.808 bits per heavy atom. The topological polar surface area (TPSA) is 35.6 Å². The summed E-state index contributed by atoms with van der Waals surface area (Å²) < 4.78 is 0. The van der Waals surface area contributed by atoms with Gasteiger partial charge in [-0.3, -0.25) is 9.69 Å². The lowest BCUT2D eigenvalue weighted by atomic mass is 10.1. The average molecular weight is 349 g/mol. The SMILES string of the molecule is O=C(Nc1ccc(N2CCCC2)cc1)c1ccc(CN2CCCC2)cc1. The van der Waals surface area contributed by atoms with Crippen molar-refractivity contribution in [2.24, 2.45) is 0 Å². The van der Waals surface area contributed by atoms with E-state index in [1.807, 2.05) is 24.3 Å². The van der Waals surface area contributed by atoms with Gasteiger partial charge in [-0.2, -0.15) is 0 Å². The Morgan fingerprint density at radius 2 is 1.42 bits per heavy atom. The van der Waals surface area contributed by atoms with Gasteiger partial charge in [-0.05, 0) is 80.7 Å². The Balaban J connectivity index is 1.35. The number of carbonyl (C=O) groups excluding carboxylic acids is 1. The van der Waals surface area contributed by atoms with Gasteiger partial charge in [0.25, 0.3) is 5.91 Å². The molecule has 4 rings (SSSR count). The number of likely N-dealkylation sites (tertiary alicyclic amines) is 1. The molecule has 26 heavy (non-hydrogen) atoms. The molecule has 2 aromatic rings. The monoisotopic (exact) mass is 349 g/mol. The third-order valence-corrected chi connectivity index (χ3v) is 5.42. The molecule has 2 aliphatic heterocycles. The first kappa shape index (κ1) is 17.1. The maximum absolute atomic E-state index is 12.5. The molecular weight excluding hydrogens is 322 g/mol. The van der Waals surface area contributed by atoms with E-state index in [4.69, 9.17) is 0 Å². The van der Waals surface area contributed by atoms with Crippen LogP contribution >= 0.6 is 0 Å². The number of hydrogen-bond acceptors (Lipinski definition) is 3. The minimum atomic E-state index is -0.0494. The molecule has 4 heteroatoms. The second-order valence-electron chi connectivity index (χ2n) is 7.38. The van der Waals surface area contributed by atoms with Gasteiger partial charge in [0.1, 0.15) is 0 Å². The molecule has 2 heterocycles. The van der Waals surface area contributed by atoms with Crippen molar-refractivity contribution in [3.05, 3.63) is 59.7 Å². The van der Waals surface area contributed by atoms with Gasteiger partial charge < -0.3 is 10.2 Å². The number of rotatable bonds is 5. The first-order valence-electron chi connectivity index (χ1n) is 9.76. The van der Waals surface area contributed by atoms with Crippen LogP contribution in [-0.4, -0.2) is 37.0 Å². The summed E-state index contributed by atoms with van der Waals surface area (Å²) in [6, 6.07) is 16.2. The molecule has 2 aromatic carbocycles. The highest BCUT2D eigenvalue weighted by atomic mass is 16.1. The first-order chi connectivity index (χ1) is 12.8. The highest BCUT2D eigenvalue weighted by molar-refractivity contribution is 6.04. The zero-order valence-corrected chi connectivity index (χ0v) is 15.3. The molecule has 4 nitrogen and oxygen atoms in total. The van der Waals surface area contributed by atoms with Crippen molar-refractivity contribution < 1.29 is 4.79 Å². The van der Waals surface area contributed by atoms with Crippen LogP contribution in [0.3, 0.4) is 0 Å². The van der Waals surface area contributed by atoms with Crippen LogP contribution in [0.4, 0.5) is 11.4 Å². The van der Waals surface area contributed by atoms with Gasteiger partial charge in [0, 0.05) is 36.6 Å². The largest absolute Gasteiger partial charge is 0.372 e. The maximum Gasteiger partial charge on any atom is 0.255 e. The fraction of sp³-hybridized carbons (Fsp3) is 0.409. The minimum Gasteiger partial charge on any atom is -0.372 e. The molecular formula is C22H27N3O. The van der Waals surface area contributed by atoms with Crippen LogP contribution in [0.1, 0.15) is 41.6 Å². The quantitative estimate of drug-likeness (QED) is 0.881. The van der Waals surface area contributed by atoms with Gasteiger partial charge in [0.15, 0.2) is 0 Å². The van der Waals surface area contributed by atoms with Gasteiger partial charge in [0.2, 0.25) is 0 Å². The van der Waals surface area contributed by atoms with Crippen LogP contribution in [0, 0.1) is 0 Å². The lowest BCUT2D eigenvalue weighted by molar-refractivity contribution is 0.102. The van der Waals surface area contributed by atoms with E-state index < -0.39 is 0 Å². The van der Waals surface area contributed by atoms with E-state index in [1.165, 1.54) is 50.0 Å². The highest BCUT2D eigenvalue weighted by Crippen LogP contribution is 2.22. The molecule has 2 fully saturated rings. The van der Waals surface area contributed by atoms with Crippen LogP contribution in [0.15, 0.2) is 48.5 Å². The second kappa shape index (κ2) is 7.92. The number of amides is 1. The molecule has 136 valence electrons. The Labute approximate surface area is 155 Å². The lowest BCUT2D eigenvalue weighted by Gasteiger charge is -2.18. The molecule has 0 aliphatic carbocycles. The van der Waals surface area contributed by atoms with Crippen LogP contribution < -0.4 is 10.2 Å². The number of hydrogen-bond donors (Lipinski definition) is 1. The Bertz CT molecular complexity index is 727. The summed E-state index contributed by atoms with van der Waals surface area (Å²) >= 11 is 0. The molecule has 0 spiro atoms. The van der Waals surface area contributed by atoms with E-state index in [9.17, 15) is 4.79 Å². The molecule has 0 saturated carbocycles. The average Bonchev–Trinajstić information content (AvgIpc) is 3.37. The van der Waals surface area contributed by atoms with Crippen LogP contribution in [0.25, 0.3) is 0 Å². The van der Waals surface area contributed by atoms with Crippen molar-refractivity contribution in [1.29, 1.82) is 0 Å². The normalized spacial score (nSPS) is 17.6. The molecule has 1 amide bonds. The second-order valence-corrected chi connectivity index (χ2v) is 7.38. The highest BCUT2D eigenvalue weighted by Gasteiger charge is 2.14. The molecule has 0 aromatic heterocycles. The Kier molecular flexibility index (Phi) is 5.21. The maximum atomic E-state index is 12.5. The van der Waals surface area contributed by atoms with Gasteiger partial charge in [-0.1, -0.05) is 12.1 Å². The summed E-state index contributed by atoms with van der Waals surface area (Å²) in [4.78, 5) is 17.3. The van der Waals surface area contributed by atoms with E-state index in [0.29, 0.717) is 5.56 Å². The van der Waals surface area contributed by atoms with Gasteiger partial charge in [-0.25, -0.2) is 0 Å². The molecule has 2 saturated heterocycles. The number of benzene rings is 2. The fourth-order valence-electron chi connectivity index (χ4n) is 3.89. The number of nitrogens with one attached hydrogen (secondary N) is 1. The Morgan fingerprint density at radius 3 is 2.08 bits per heavy atom. The van der Waals surface area contributed by atoms with Crippen molar-refractivity contribution in [3.8, 4) is 0 Å². The summed E-state index contributed by atoms with van der Waals surface area (Å²) in [7, 11) is 0. The lowest BCUT2D eigenvalue weighted by Crippen LogP contribution is -2.18. The first-order valence-corrected chi connectivity index (χ1v) is 9.76. The van der Waals surface area contributed by atoms with E-state index >= 15 is 0 Å². The fourth-order valence-corrected chi connectivity index (χ4v) is 3.89. The van der Waals surface area contributed by atoms with Crippen molar-refractivity contribution in [1.82, 2.24) is 4.90 Å². The van der Waals surface area contributed by atoms with Crippen LogP contribution in [0.2, 0.25) is 0 Å². The third kappa shape index (κ3) is 4.07.